The summed E-state index contributed by atoms with van der Waals surface area (Å²) in [4.78, 5) is 13.6. The molecule has 49 heavy (non-hydrogen) atoms. The summed E-state index contributed by atoms with van der Waals surface area (Å²) in [6, 6.07) is 5.33. The number of rotatable bonds is 7. The summed E-state index contributed by atoms with van der Waals surface area (Å²) < 4.78 is 34.9. The predicted molar refractivity (Wildman–Crippen MR) is 192 cm³/mol. The fraction of sp³-hybridized carbons (Fsp3) is 0.786. The van der Waals surface area contributed by atoms with Gasteiger partial charge in [0.2, 0.25) is 0 Å². The number of esters is 1. The molecule has 1 heterocycles. The van der Waals surface area contributed by atoms with Gasteiger partial charge in [0, 0.05) is 12.5 Å². The van der Waals surface area contributed by atoms with E-state index in [1.165, 1.54) is 56.9 Å². The van der Waals surface area contributed by atoms with Crippen molar-refractivity contribution in [3.8, 4) is 11.5 Å². The molecule has 5 aliphatic rings. The van der Waals surface area contributed by atoms with Crippen LogP contribution in [0.5, 0.6) is 11.5 Å². The van der Waals surface area contributed by atoms with Crippen LogP contribution in [0.4, 0.5) is 0 Å². The van der Waals surface area contributed by atoms with Crippen LogP contribution >= 0.6 is 0 Å². The Labute approximate surface area is 296 Å². The number of hydrogen-bond acceptors (Lipinski definition) is 7. The van der Waals surface area contributed by atoms with Gasteiger partial charge in [-0.15, -0.1) is 0 Å². The van der Waals surface area contributed by atoms with Gasteiger partial charge in [-0.05, 0) is 103 Å². The third kappa shape index (κ3) is 8.52. The summed E-state index contributed by atoms with van der Waals surface area (Å²) in [5.74, 6) is 5.75. The smallest absolute Gasteiger partial charge is 0.338 e. The lowest BCUT2D eigenvalue weighted by Crippen LogP contribution is -2.51. The largest absolute Gasteiger partial charge is 0.491 e. The van der Waals surface area contributed by atoms with Gasteiger partial charge in [0.1, 0.15) is 30.8 Å². The zero-order valence-electron chi connectivity index (χ0n) is 31.1. The molecule has 7 nitrogen and oxygen atoms in total. The molecule has 1 aromatic carbocycles. The van der Waals surface area contributed by atoms with E-state index in [9.17, 15) is 4.79 Å². The van der Waals surface area contributed by atoms with Crippen LogP contribution in [0.15, 0.2) is 29.8 Å². The molecule has 0 radical (unpaired) electrons. The summed E-state index contributed by atoms with van der Waals surface area (Å²) in [5, 5.41) is 0. The second kappa shape index (κ2) is 16.5. The minimum absolute atomic E-state index is 0.108. The molecular weight excluding hydrogens is 616 g/mol. The molecule has 2 bridgehead atoms. The third-order valence-electron chi connectivity index (χ3n) is 13.4. The summed E-state index contributed by atoms with van der Waals surface area (Å²) in [7, 11) is 0. The SMILES string of the molecule is CC(C)CCC[C@@H](C)[C@H]1CC[C@H]2[C@@H]3CC=C4CC(OC(=O)c5cc6cc(c5)OCCOCCOCCOCCO6)CC[C@]4(C)[C@H]3CC[C@]12C. The van der Waals surface area contributed by atoms with E-state index in [-0.39, 0.29) is 17.5 Å². The Morgan fingerprint density at radius 3 is 2.10 bits per heavy atom. The zero-order valence-corrected chi connectivity index (χ0v) is 31.1. The second-order valence-corrected chi connectivity index (χ2v) is 16.8. The molecule has 0 saturated heterocycles. The molecule has 8 atom stereocenters. The lowest BCUT2D eigenvalue weighted by molar-refractivity contribution is -0.0594. The van der Waals surface area contributed by atoms with Crippen molar-refractivity contribution < 1.29 is 33.2 Å². The minimum Gasteiger partial charge on any atom is -0.491 e. The summed E-state index contributed by atoms with van der Waals surface area (Å²) in [6.45, 7) is 16.1. The van der Waals surface area contributed by atoms with E-state index in [4.69, 9.17) is 28.4 Å². The first-order chi connectivity index (χ1) is 23.7. The molecule has 1 aromatic rings. The molecule has 7 heteroatoms. The van der Waals surface area contributed by atoms with Crippen molar-refractivity contribution in [2.45, 2.75) is 111 Å². The number of allylic oxidation sites excluding steroid dienone is 1. The molecular formula is C42H64O7. The molecule has 274 valence electrons. The highest BCUT2D eigenvalue weighted by Crippen LogP contribution is 2.67. The molecule has 1 aliphatic heterocycles. The monoisotopic (exact) mass is 680 g/mol. The van der Waals surface area contributed by atoms with Crippen LogP contribution < -0.4 is 9.47 Å². The molecule has 3 fully saturated rings. The van der Waals surface area contributed by atoms with Crippen molar-refractivity contribution in [2.75, 3.05) is 52.9 Å². The topological polar surface area (TPSA) is 72.5 Å². The molecule has 0 spiro atoms. The fourth-order valence-corrected chi connectivity index (χ4v) is 10.8. The number of hydrogen-bond donors (Lipinski definition) is 0. The van der Waals surface area contributed by atoms with E-state index >= 15 is 0 Å². The van der Waals surface area contributed by atoms with E-state index < -0.39 is 0 Å². The van der Waals surface area contributed by atoms with E-state index in [1.807, 2.05) is 6.07 Å². The standard InChI is InChI=1S/C42H64O7/c1-29(2)7-6-8-30(3)37-11-12-38-36-10-9-32-27-33(13-15-41(32,4)39(36)14-16-42(37,38)5)49-40(43)31-25-34-28-35(26-31)48-24-22-46-20-18-44-17-19-45-21-23-47-34/h9,25-26,28-30,33,36-39H,6-8,10-24,27H2,1-5H3/t30-,33?,36+,37-,38+,39+,41+,42-/m1/s1. The Hall–Kier alpha value is -2.09. The highest BCUT2D eigenvalue weighted by molar-refractivity contribution is 5.90. The van der Waals surface area contributed by atoms with Gasteiger partial charge >= 0.3 is 5.97 Å². The molecule has 0 N–H and O–H groups in total. The maximum absolute atomic E-state index is 13.6. The second-order valence-electron chi connectivity index (χ2n) is 16.8. The van der Waals surface area contributed by atoms with Gasteiger partial charge in [0.25, 0.3) is 0 Å². The average Bonchev–Trinajstić information content (AvgIpc) is 3.43. The number of ether oxygens (including phenoxy) is 6. The van der Waals surface area contributed by atoms with Crippen LogP contribution in [-0.4, -0.2) is 64.9 Å². The number of benzene rings is 1. The van der Waals surface area contributed by atoms with Gasteiger partial charge in [-0.3, -0.25) is 0 Å². The van der Waals surface area contributed by atoms with Gasteiger partial charge in [-0.25, -0.2) is 4.79 Å². The van der Waals surface area contributed by atoms with Crippen LogP contribution in [0.25, 0.3) is 0 Å². The highest BCUT2D eigenvalue weighted by atomic mass is 16.6. The van der Waals surface area contributed by atoms with Gasteiger partial charge in [0.05, 0.1) is 45.2 Å². The van der Waals surface area contributed by atoms with Crippen molar-refractivity contribution in [3.05, 3.63) is 35.4 Å². The van der Waals surface area contributed by atoms with Crippen molar-refractivity contribution in [1.82, 2.24) is 0 Å². The Balaban J connectivity index is 1.08. The fourth-order valence-electron chi connectivity index (χ4n) is 10.8. The van der Waals surface area contributed by atoms with Crippen LogP contribution in [0.3, 0.4) is 0 Å². The Morgan fingerprint density at radius 1 is 0.796 bits per heavy atom. The van der Waals surface area contributed by atoms with Crippen LogP contribution in [0.2, 0.25) is 0 Å². The first-order valence-electron chi connectivity index (χ1n) is 19.7. The highest BCUT2D eigenvalue weighted by Gasteiger charge is 2.59. The number of fused-ring (bicyclic) bond motifs is 7. The Bertz CT molecular complexity index is 1240. The first-order valence-corrected chi connectivity index (χ1v) is 19.7. The van der Waals surface area contributed by atoms with Gasteiger partial charge in [-0.1, -0.05) is 65.5 Å². The Kier molecular flexibility index (Phi) is 12.4. The third-order valence-corrected chi connectivity index (χ3v) is 13.4. The van der Waals surface area contributed by atoms with Crippen molar-refractivity contribution in [2.24, 2.45) is 46.3 Å². The Morgan fingerprint density at radius 2 is 1.45 bits per heavy atom. The summed E-state index contributed by atoms with van der Waals surface area (Å²) in [6.07, 6.45) is 16.3. The molecule has 0 amide bonds. The quantitative estimate of drug-likeness (QED) is 0.210. The van der Waals surface area contributed by atoms with Crippen LogP contribution in [0.1, 0.15) is 116 Å². The van der Waals surface area contributed by atoms with Gasteiger partial charge in [-0.2, -0.15) is 0 Å². The maximum Gasteiger partial charge on any atom is 0.338 e. The van der Waals surface area contributed by atoms with E-state index in [2.05, 4.69) is 40.7 Å². The van der Waals surface area contributed by atoms with Crippen molar-refractivity contribution in [1.29, 1.82) is 0 Å². The lowest BCUT2D eigenvalue weighted by Gasteiger charge is -2.58. The van der Waals surface area contributed by atoms with Gasteiger partial charge < -0.3 is 28.4 Å². The maximum atomic E-state index is 13.6. The first kappa shape index (κ1) is 36.7. The van der Waals surface area contributed by atoms with E-state index in [0.29, 0.717) is 75.3 Å². The van der Waals surface area contributed by atoms with Crippen LogP contribution in [-0.2, 0) is 18.9 Å². The molecule has 0 aromatic heterocycles. The van der Waals surface area contributed by atoms with Crippen LogP contribution in [0, 0.1) is 46.3 Å². The molecule has 3 saturated carbocycles. The predicted octanol–water partition coefficient (Wildman–Crippen LogP) is 9.07. The minimum atomic E-state index is -0.315. The average molecular weight is 681 g/mol. The number of carbonyl (C=O) groups excluding carboxylic acids is 1. The van der Waals surface area contributed by atoms with E-state index in [1.54, 1.807) is 12.1 Å². The summed E-state index contributed by atoms with van der Waals surface area (Å²) in [5.41, 5.74) is 2.71. The molecule has 1 unspecified atom stereocenters. The van der Waals surface area contributed by atoms with E-state index in [0.717, 1.165) is 54.8 Å². The zero-order chi connectivity index (χ0) is 34.4. The summed E-state index contributed by atoms with van der Waals surface area (Å²) >= 11 is 0. The lowest BCUT2D eigenvalue weighted by atomic mass is 9.47. The van der Waals surface area contributed by atoms with Gasteiger partial charge in [0.15, 0.2) is 0 Å². The van der Waals surface area contributed by atoms with Crippen molar-refractivity contribution in [3.63, 3.8) is 0 Å². The van der Waals surface area contributed by atoms with Crippen molar-refractivity contribution >= 4 is 5.97 Å². The normalized spacial score (nSPS) is 34.7. The molecule has 6 rings (SSSR count). The number of carbonyl (C=O) groups is 1. The molecule has 4 aliphatic carbocycles.